The van der Waals surface area contributed by atoms with Crippen molar-refractivity contribution in [1.29, 1.82) is 0 Å². The van der Waals surface area contributed by atoms with E-state index >= 15 is 0 Å². The smallest absolute Gasteiger partial charge is 0.271 e. The molecule has 0 fully saturated rings. The molecule has 0 saturated heterocycles. The van der Waals surface area contributed by atoms with Crippen molar-refractivity contribution in [2.75, 3.05) is 19.7 Å². The molecule has 0 radical (unpaired) electrons. The normalized spacial score (nSPS) is 11.0. The van der Waals surface area contributed by atoms with E-state index in [9.17, 15) is 9.59 Å². The molecule has 3 aromatic rings. The summed E-state index contributed by atoms with van der Waals surface area (Å²) < 4.78 is 1.48. The minimum Gasteiger partial charge on any atom is -0.395 e. The first-order valence-electron chi connectivity index (χ1n) is 8.03. The van der Waals surface area contributed by atoms with Gasteiger partial charge in [0.15, 0.2) is 4.96 Å². The fraction of sp³-hybridized carbons (Fsp3) is 0.278. The van der Waals surface area contributed by atoms with Crippen LogP contribution in [0, 0.1) is 6.92 Å². The van der Waals surface area contributed by atoms with Gasteiger partial charge in [-0.2, -0.15) is 0 Å². The number of carbonyl (C=O) groups is 1. The fourth-order valence-electron chi connectivity index (χ4n) is 2.66. The van der Waals surface area contributed by atoms with Crippen molar-refractivity contribution >= 4 is 22.2 Å². The number of aromatic nitrogens is 2. The van der Waals surface area contributed by atoms with Crippen LogP contribution in [-0.2, 0) is 0 Å². The van der Waals surface area contributed by atoms with Crippen LogP contribution in [0.1, 0.15) is 22.8 Å². The van der Waals surface area contributed by atoms with Crippen LogP contribution in [-0.4, -0.2) is 45.0 Å². The summed E-state index contributed by atoms with van der Waals surface area (Å²) in [6, 6.07) is 7.85. The molecule has 2 aromatic heterocycles. The second-order valence-electron chi connectivity index (χ2n) is 5.69. The lowest BCUT2D eigenvalue weighted by Gasteiger charge is -2.19. The Hall–Kier alpha value is -2.51. The number of likely N-dealkylation sites (N-methyl/N-ethyl adjacent to an activating group) is 1. The third kappa shape index (κ3) is 3.20. The van der Waals surface area contributed by atoms with Crippen LogP contribution in [0.3, 0.4) is 0 Å². The number of aliphatic hydroxyl groups excluding tert-OH is 1. The van der Waals surface area contributed by atoms with Gasteiger partial charge in [-0.25, -0.2) is 4.98 Å². The van der Waals surface area contributed by atoms with Crippen molar-refractivity contribution in [2.45, 2.75) is 13.8 Å². The number of fused-ring (bicyclic) bond motifs is 1. The van der Waals surface area contributed by atoms with Gasteiger partial charge in [-0.1, -0.05) is 29.8 Å². The van der Waals surface area contributed by atoms with Gasteiger partial charge in [0.1, 0.15) is 5.56 Å². The molecule has 1 N–H and O–H groups in total. The van der Waals surface area contributed by atoms with Crippen LogP contribution in [0.4, 0.5) is 0 Å². The van der Waals surface area contributed by atoms with E-state index in [2.05, 4.69) is 4.98 Å². The van der Waals surface area contributed by atoms with E-state index in [0.29, 0.717) is 11.5 Å². The molecule has 25 heavy (non-hydrogen) atoms. The van der Waals surface area contributed by atoms with Crippen molar-refractivity contribution in [3.63, 3.8) is 0 Å². The number of amides is 1. The standard InChI is InChI=1S/C18H19N3O3S/c1-3-20(8-9-22)16(23)14-10-19-18-21(17(14)24)15(11-25-18)13-6-4-12(2)5-7-13/h4-7,10-11,22H,3,8-9H2,1-2H3. The fourth-order valence-corrected chi connectivity index (χ4v) is 3.52. The molecule has 0 saturated carbocycles. The summed E-state index contributed by atoms with van der Waals surface area (Å²) in [5, 5.41) is 11.0. The summed E-state index contributed by atoms with van der Waals surface area (Å²) in [6.07, 6.45) is 1.33. The third-order valence-corrected chi connectivity index (χ3v) is 4.90. The minimum absolute atomic E-state index is 0.0135. The van der Waals surface area contributed by atoms with Crippen molar-refractivity contribution in [2.24, 2.45) is 0 Å². The van der Waals surface area contributed by atoms with Gasteiger partial charge in [-0.15, -0.1) is 11.3 Å². The summed E-state index contributed by atoms with van der Waals surface area (Å²) in [7, 11) is 0. The SMILES string of the molecule is CCN(CCO)C(=O)c1cnc2scc(-c3ccc(C)cc3)n2c1=O. The van der Waals surface area contributed by atoms with Gasteiger partial charge in [0.25, 0.3) is 11.5 Å². The van der Waals surface area contributed by atoms with Gasteiger partial charge in [-0.05, 0) is 19.4 Å². The van der Waals surface area contributed by atoms with Crippen molar-refractivity contribution in [3.05, 3.63) is 57.3 Å². The molecular weight excluding hydrogens is 338 g/mol. The average molecular weight is 357 g/mol. The van der Waals surface area contributed by atoms with E-state index in [-0.39, 0.29) is 24.3 Å². The quantitative estimate of drug-likeness (QED) is 0.759. The summed E-state index contributed by atoms with van der Waals surface area (Å²) >= 11 is 1.36. The first-order valence-corrected chi connectivity index (χ1v) is 8.91. The zero-order valence-corrected chi connectivity index (χ0v) is 14.9. The van der Waals surface area contributed by atoms with Gasteiger partial charge >= 0.3 is 0 Å². The molecule has 6 nitrogen and oxygen atoms in total. The maximum absolute atomic E-state index is 12.9. The summed E-state index contributed by atoms with van der Waals surface area (Å²) in [5.41, 5.74) is 2.38. The number of hydrogen-bond acceptors (Lipinski definition) is 5. The first-order chi connectivity index (χ1) is 12.1. The lowest BCUT2D eigenvalue weighted by Crippen LogP contribution is -2.37. The van der Waals surface area contributed by atoms with Crippen LogP contribution < -0.4 is 5.56 Å². The Balaban J connectivity index is 2.13. The largest absolute Gasteiger partial charge is 0.395 e. The molecular formula is C18H19N3O3S. The highest BCUT2D eigenvalue weighted by molar-refractivity contribution is 7.15. The summed E-state index contributed by atoms with van der Waals surface area (Å²) in [4.78, 5) is 31.8. The summed E-state index contributed by atoms with van der Waals surface area (Å²) in [5.74, 6) is -0.412. The zero-order chi connectivity index (χ0) is 18.0. The zero-order valence-electron chi connectivity index (χ0n) is 14.1. The molecule has 7 heteroatoms. The van der Waals surface area contributed by atoms with E-state index in [1.165, 1.54) is 26.8 Å². The maximum Gasteiger partial charge on any atom is 0.271 e. The van der Waals surface area contributed by atoms with E-state index in [1.807, 2.05) is 36.6 Å². The molecule has 0 unspecified atom stereocenters. The van der Waals surface area contributed by atoms with E-state index in [4.69, 9.17) is 5.11 Å². The number of aliphatic hydroxyl groups is 1. The Morgan fingerprint density at radius 2 is 2.04 bits per heavy atom. The Morgan fingerprint density at radius 1 is 1.32 bits per heavy atom. The molecule has 0 aliphatic heterocycles. The number of nitrogens with zero attached hydrogens (tertiary/aromatic N) is 3. The Kier molecular flexibility index (Phi) is 4.96. The highest BCUT2D eigenvalue weighted by Gasteiger charge is 2.20. The van der Waals surface area contributed by atoms with Crippen LogP contribution in [0.25, 0.3) is 16.2 Å². The summed E-state index contributed by atoms with van der Waals surface area (Å²) in [6.45, 7) is 4.26. The monoisotopic (exact) mass is 357 g/mol. The van der Waals surface area contributed by atoms with Crippen molar-refractivity contribution < 1.29 is 9.90 Å². The molecule has 0 spiro atoms. The van der Waals surface area contributed by atoms with Gasteiger partial charge in [-0.3, -0.25) is 14.0 Å². The highest BCUT2D eigenvalue weighted by Crippen LogP contribution is 2.24. The lowest BCUT2D eigenvalue weighted by atomic mass is 10.1. The Bertz CT molecular complexity index is 960. The Morgan fingerprint density at radius 3 is 2.68 bits per heavy atom. The predicted molar refractivity (Wildman–Crippen MR) is 98.2 cm³/mol. The van der Waals surface area contributed by atoms with E-state index < -0.39 is 5.91 Å². The van der Waals surface area contributed by atoms with Gasteiger partial charge in [0, 0.05) is 24.7 Å². The number of rotatable bonds is 5. The maximum atomic E-state index is 12.9. The highest BCUT2D eigenvalue weighted by atomic mass is 32.1. The number of hydrogen-bond donors (Lipinski definition) is 1. The molecule has 0 aliphatic rings. The molecule has 0 atom stereocenters. The molecule has 3 rings (SSSR count). The van der Waals surface area contributed by atoms with Crippen LogP contribution in [0.15, 0.2) is 40.6 Å². The van der Waals surface area contributed by atoms with E-state index in [0.717, 1.165) is 16.8 Å². The lowest BCUT2D eigenvalue weighted by molar-refractivity contribution is 0.0729. The van der Waals surface area contributed by atoms with Crippen LogP contribution >= 0.6 is 11.3 Å². The molecule has 1 amide bonds. The Labute approximate surface area is 149 Å². The number of thiazole rings is 1. The predicted octanol–water partition coefficient (Wildman–Crippen LogP) is 2.19. The van der Waals surface area contributed by atoms with Crippen molar-refractivity contribution in [3.8, 4) is 11.3 Å². The number of carbonyl (C=O) groups excluding carboxylic acids is 1. The average Bonchev–Trinajstić information content (AvgIpc) is 3.05. The van der Waals surface area contributed by atoms with Crippen molar-refractivity contribution in [1.82, 2.24) is 14.3 Å². The van der Waals surface area contributed by atoms with Gasteiger partial charge in [0.05, 0.1) is 12.3 Å². The second-order valence-corrected chi connectivity index (χ2v) is 6.53. The molecule has 130 valence electrons. The van der Waals surface area contributed by atoms with Gasteiger partial charge in [0.2, 0.25) is 0 Å². The van der Waals surface area contributed by atoms with Crippen LogP contribution in [0.5, 0.6) is 0 Å². The first kappa shape index (κ1) is 17.3. The molecule has 2 heterocycles. The number of benzene rings is 1. The van der Waals surface area contributed by atoms with Crippen LogP contribution in [0.2, 0.25) is 0 Å². The number of aryl methyl sites for hydroxylation is 1. The molecule has 0 aliphatic carbocycles. The second kappa shape index (κ2) is 7.16. The minimum atomic E-state index is -0.412. The molecule has 0 bridgehead atoms. The van der Waals surface area contributed by atoms with E-state index in [1.54, 1.807) is 6.92 Å². The third-order valence-electron chi connectivity index (χ3n) is 4.06. The van der Waals surface area contributed by atoms with Gasteiger partial charge < -0.3 is 10.0 Å². The molecule has 1 aromatic carbocycles. The topological polar surface area (TPSA) is 74.9 Å².